The third kappa shape index (κ3) is 4.65. The number of halogens is 1. The lowest BCUT2D eigenvalue weighted by Gasteiger charge is -2.36. The maximum atomic E-state index is 13.5. The zero-order valence-corrected chi connectivity index (χ0v) is 19.2. The van der Waals surface area contributed by atoms with Crippen LogP contribution in [0.3, 0.4) is 0 Å². The van der Waals surface area contributed by atoms with E-state index in [0.29, 0.717) is 28.9 Å². The Balaban J connectivity index is 1.28. The van der Waals surface area contributed by atoms with Crippen molar-refractivity contribution < 1.29 is 18.4 Å². The van der Waals surface area contributed by atoms with Crippen molar-refractivity contribution in [3.63, 3.8) is 0 Å². The van der Waals surface area contributed by atoms with E-state index in [1.54, 1.807) is 29.7 Å². The van der Waals surface area contributed by atoms with Crippen LogP contribution in [0.5, 0.6) is 0 Å². The summed E-state index contributed by atoms with van der Waals surface area (Å²) in [5, 5.41) is 0. The number of hydrogen-bond donors (Lipinski definition) is 0. The van der Waals surface area contributed by atoms with Crippen LogP contribution < -0.4 is 10.7 Å². The molecule has 1 aliphatic rings. The number of aromatic nitrogens is 1. The molecule has 2 heterocycles. The van der Waals surface area contributed by atoms with Crippen molar-refractivity contribution in [3.05, 3.63) is 99.8 Å². The second-order valence-corrected chi connectivity index (χ2v) is 8.67. The SMILES string of the molecule is CC(=O)c1ccc(N2CCN(Cn3c(=O)oc4cc(C(=O)c5cccc(F)c5)ccc43)CC2)cc1. The van der Waals surface area contributed by atoms with Gasteiger partial charge in [0.2, 0.25) is 0 Å². The zero-order valence-electron chi connectivity index (χ0n) is 19.2. The van der Waals surface area contributed by atoms with Gasteiger partial charge in [0.1, 0.15) is 5.82 Å². The Morgan fingerprint density at radius 1 is 0.886 bits per heavy atom. The molecule has 0 bridgehead atoms. The Hall–Kier alpha value is -4.04. The van der Waals surface area contributed by atoms with Crippen molar-refractivity contribution >= 4 is 28.4 Å². The predicted octanol–water partition coefficient (Wildman–Crippen LogP) is 3.95. The summed E-state index contributed by atoms with van der Waals surface area (Å²) in [4.78, 5) is 41.2. The molecule has 0 spiro atoms. The van der Waals surface area contributed by atoms with Gasteiger partial charge in [-0.05, 0) is 61.5 Å². The molecule has 0 aliphatic carbocycles. The molecule has 7 nitrogen and oxygen atoms in total. The van der Waals surface area contributed by atoms with E-state index in [0.717, 1.165) is 31.9 Å². The van der Waals surface area contributed by atoms with Gasteiger partial charge in [0, 0.05) is 48.6 Å². The van der Waals surface area contributed by atoms with Crippen molar-refractivity contribution in [1.29, 1.82) is 0 Å². The smallest absolute Gasteiger partial charge is 0.408 e. The molecule has 0 atom stereocenters. The van der Waals surface area contributed by atoms with Crippen molar-refractivity contribution in [2.45, 2.75) is 13.6 Å². The predicted molar refractivity (Wildman–Crippen MR) is 131 cm³/mol. The minimum atomic E-state index is -0.488. The zero-order chi connectivity index (χ0) is 24.5. The number of carbonyl (C=O) groups excluding carboxylic acids is 2. The molecule has 1 fully saturated rings. The summed E-state index contributed by atoms with van der Waals surface area (Å²) in [5.74, 6) is -1.26. The van der Waals surface area contributed by atoms with Crippen LogP contribution in [-0.2, 0) is 6.67 Å². The maximum absolute atomic E-state index is 13.5. The molecule has 1 aliphatic heterocycles. The number of ketones is 2. The molecule has 0 unspecified atom stereocenters. The molecule has 1 saturated heterocycles. The van der Waals surface area contributed by atoms with Gasteiger partial charge in [0.05, 0.1) is 12.2 Å². The maximum Gasteiger partial charge on any atom is 0.421 e. The lowest BCUT2D eigenvalue weighted by atomic mass is 10.0. The fraction of sp³-hybridized carbons (Fsp3) is 0.222. The fourth-order valence-electron chi connectivity index (χ4n) is 4.39. The highest BCUT2D eigenvalue weighted by Crippen LogP contribution is 2.21. The molecule has 35 heavy (non-hydrogen) atoms. The Bertz CT molecular complexity index is 1460. The normalized spacial score (nSPS) is 14.4. The molecule has 178 valence electrons. The van der Waals surface area contributed by atoms with Gasteiger partial charge in [-0.2, -0.15) is 0 Å². The fourth-order valence-corrected chi connectivity index (χ4v) is 4.39. The van der Waals surface area contributed by atoms with E-state index in [2.05, 4.69) is 9.80 Å². The van der Waals surface area contributed by atoms with Gasteiger partial charge in [-0.15, -0.1) is 0 Å². The summed E-state index contributed by atoms with van der Waals surface area (Å²) in [5.41, 5.74) is 3.25. The number of Topliss-reactive ketones (excluding diaryl/α,β-unsaturated/α-hetero) is 1. The van der Waals surface area contributed by atoms with Gasteiger partial charge in [0.25, 0.3) is 0 Å². The Morgan fingerprint density at radius 2 is 1.57 bits per heavy atom. The second kappa shape index (κ2) is 9.31. The number of nitrogens with zero attached hydrogens (tertiary/aromatic N) is 3. The number of hydrogen-bond acceptors (Lipinski definition) is 6. The molecular formula is C27H24FN3O4. The lowest BCUT2D eigenvalue weighted by molar-refractivity contribution is 0.101. The first-order valence-electron chi connectivity index (χ1n) is 11.4. The van der Waals surface area contributed by atoms with Crippen LogP contribution in [0.15, 0.2) is 75.9 Å². The van der Waals surface area contributed by atoms with Crippen molar-refractivity contribution in [1.82, 2.24) is 9.47 Å². The van der Waals surface area contributed by atoms with E-state index in [1.165, 1.54) is 24.3 Å². The molecule has 0 amide bonds. The third-order valence-corrected chi connectivity index (χ3v) is 6.37. The highest BCUT2D eigenvalue weighted by molar-refractivity contribution is 6.10. The molecule has 0 saturated carbocycles. The monoisotopic (exact) mass is 473 g/mol. The molecule has 0 radical (unpaired) electrons. The van der Waals surface area contributed by atoms with Gasteiger partial charge < -0.3 is 9.32 Å². The number of fused-ring (bicyclic) bond motifs is 1. The lowest BCUT2D eigenvalue weighted by Crippen LogP contribution is -2.47. The highest BCUT2D eigenvalue weighted by Gasteiger charge is 2.21. The van der Waals surface area contributed by atoms with Crippen LogP contribution in [0.2, 0.25) is 0 Å². The van der Waals surface area contributed by atoms with Crippen LogP contribution in [0.4, 0.5) is 10.1 Å². The van der Waals surface area contributed by atoms with Crippen LogP contribution in [0, 0.1) is 5.82 Å². The quantitative estimate of drug-likeness (QED) is 0.395. The Kier molecular flexibility index (Phi) is 6.05. The van der Waals surface area contributed by atoms with Gasteiger partial charge in [-0.25, -0.2) is 9.18 Å². The molecule has 0 N–H and O–H groups in total. The van der Waals surface area contributed by atoms with Gasteiger partial charge in [-0.1, -0.05) is 12.1 Å². The van der Waals surface area contributed by atoms with E-state index in [-0.39, 0.29) is 17.1 Å². The Labute approximate surface area is 201 Å². The number of benzene rings is 3. The molecule has 8 heteroatoms. The largest absolute Gasteiger partial charge is 0.421 e. The molecule has 4 aromatic rings. The van der Waals surface area contributed by atoms with E-state index in [4.69, 9.17) is 4.42 Å². The van der Waals surface area contributed by atoms with E-state index in [9.17, 15) is 18.8 Å². The summed E-state index contributed by atoms with van der Waals surface area (Å²) in [6, 6.07) is 18.0. The van der Waals surface area contributed by atoms with Gasteiger partial charge in [-0.3, -0.25) is 19.1 Å². The summed E-state index contributed by atoms with van der Waals surface area (Å²) >= 11 is 0. The summed E-state index contributed by atoms with van der Waals surface area (Å²) in [6.07, 6.45) is 0. The number of carbonyl (C=O) groups is 2. The van der Waals surface area contributed by atoms with Crippen LogP contribution >= 0.6 is 0 Å². The minimum Gasteiger partial charge on any atom is -0.408 e. The summed E-state index contributed by atoms with van der Waals surface area (Å²) in [7, 11) is 0. The van der Waals surface area contributed by atoms with E-state index in [1.807, 2.05) is 24.3 Å². The average molecular weight is 474 g/mol. The summed E-state index contributed by atoms with van der Waals surface area (Å²) in [6.45, 7) is 5.01. The number of rotatable bonds is 6. The Morgan fingerprint density at radius 3 is 2.26 bits per heavy atom. The van der Waals surface area contributed by atoms with Crippen molar-refractivity contribution in [3.8, 4) is 0 Å². The molecule has 5 rings (SSSR count). The van der Waals surface area contributed by atoms with E-state index >= 15 is 0 Å². The first kappa shape index (κ1) is 22.7. The molecule has 3 aromatic carbocycles. The number of oxazole rings is 1. The van der Waals surface area contributed by atoms with Gasteiger partial charge >= 0.3 is 5.76 Å². The van der Waals surface area contributed by atoms with Crippen LogP contribution in [0.1, 0.15) is 33.2 Å². The first-order valence-corrected chi connectivity index (χ1v) is 11.4. The van der Waals surface area contributed by atoms with Crippen molar-refractivity contribution in [2.75, 3.05) is 31.1 Å². The van der Waals surface area contributed by atoms with Gasteiger partial charge in [0.15, 0.2) is 17.1 Å². The van der Waals surface area contributed by atoms with Crippen molar-refractivity contribution in [2.24, 2.45) is 0 Å². The van der Waals surface area contributed by atoms with Crippen LogP contribution in [-0.4, -0.2) is 47.2 Å². The van der Waals surface area contributed by atoms with Crippen LogP contribution in [0.25, 0.3) is 11.1 Å². The summed E-state index contributed by atoms with van der Waals surface area (Å²) < 4.78 is 20.5. The topological polar surface area (TPSA) is 75.8 Å². The second-order valence-electron chi connectivity index (χ2n) is 8.67. The standard InChI is InChI=1S/C27H24FN3O4/c1-18(32)19-5-8-23(9-6-19)30-13-11-29(12-14-30)17-31-24-10-7-21(16-25(24)35-27(31)34)26(33)20-3-2-4-22(28)15-20/h2-10,15-16H,11-14,17H2,1H3. The van der Waals surface area contributed by atoms with E-state index < -0.39 is 11.6 Å². The highest BCUT2D eigenvalue weighted by atomic mass is 19.1. The first-order chi connectivity index (χ1) is 16.9. The molecule has 1 aromatic heterocycles. The third-order valence-electron chi connectivity index (χ3n) is 6.37. The average Bonchev–Trinajstić information content (AvgIpc) is 3.18. The number of piperazine rings is 1. The number of anilines is 1. The minimum absolute atomic E-state index is 0.0459. The molecular weight excluding hydrogens is 449 g/mol.